The van der Waals surface area contributed by atoms with E-state index in [9.17, 15) is 13.2 Å². The lowest BCUT2D eigenvalue weighted by Crippen LogP contribution is -2.24. The number of ether oxygens (including phenoxy) is 1. The van der Waals surface area contributed by atoms with Crippen molar-refractivity contribution in [2.75, 3.05) is 23.3 Å². The molecule has 3 rings (SSSR count). The van der Waals surface area contributed by atoms with Crippen LogP contribution in [0.5, 0.6) is 5.75 Å². The van der Waals surface area contributed by atoms with E-state index in [1.807, 2.05) is 12.1 Å². The van der Waals surface area contributed by atoms with Crippen molar-refractivity contribution < 1.29 is 17.9 Å². The minimum Gasteiger partial charge on any atom is -0.495 e. The van der Waals surface area contributed by atoms with Crippen molar-refractivity contribution in [2.24, 2.45) is 0 Å². The average molecular weight is 388 g/mol. The molecule has 1 aliphatic rings. The maximum absolute atomic E-state index is 13.0. The van der Waals surface area contributed by atoms with Gasteiger partial charge in [0.15, 0.2) is 0 Å². The van der Waals surface area contributed by atoms with Crippen LogP contribution in [0.1, 0.15) is 38.2 Å². The smallest absolute Gasteiger partial charge is 0.265 e. The minimum atomic E-state index is -3.87. The number of rotatable bonds is 6. The van der Waals surface area contributed by atoms with Crippen LogP contribution >= 0.6 is 0 Å². The Bertz CT molecular complexity index is 937. The molecule has 0 radical (unpaired) electrons. The largest absolute Gasteiger partial charge is 0.495 e. The fraction of sp³-hybridized carbons (Fsp3) is 0.350. The number of methoxy groups -OCH3 is 1. The SMILES string of the molecule is COc1ccc(N2CCCC2=O)cc1S(=O)(=O)Nc1ccc(C(C)C)cc1. The summed E-state index contributed by atoms with van der Waals surface area (Å²) in [4.78, 5) is 13.6. The lowest BCUT2D eigenvalue weighted by atomic mass is 10.0. The minimum absolute atomic E-state index is 0.000693. The van der Waals surface area contributed by atoms with Gasteiger partial charge < -0.3 is 9.64 Å². The predicted octanol–water partition coefficient (Wildman–Crippen LogP) is 3.75. The molecule has 0 unspecified atom stereocenters. The normalized spacial score (nSPS) is 14.7. The van der Waals surface area contributed by atoms with E-state index >= 15 is 0 Å². The van der Waals surface area contributed by atoms with E-state index in [1.165, 1.54) is 13.2 Å². The van der Waals surface area contributed by atoms with Crippen molar-refractivity contribution >= 4 is 27.3 Å². The molecule has 2 aromatic carbocycles. The number of anilines is 2. The number of nitrogens with zero attached hydrogens (tertiary/aromatic N) is 1. The maximum atomic E-state index is 13.0. The summed E-state index contributed by atoms with van der Waals surface area (Å²) in [5.74, 6) is 0.600. The van der Waals surface area contributed by atoms with E-state index in [2.05, 4.69) is 18.6 Å². The molecule has 1 amide bonds. The summed E-state index contributed by atoms with van der Waals surface area (Å²) < 4.78 is 33.7. The van der Waals surface area contributed by atoms with Gasteiger partial charge in [0.1, 0.15) is 10.6 Å². The molecule has 0 saturated carbocycles. The van der Waals surface area contributed by atoms with E-state index in [0.717, 1.165) is 12.0 Å². The first kappa shape index (κ1) is 19.2. The van der Waals surface area contributed by atoms with Crippen LogP contribution in [-0.4, -0.2) is 28.0 Å². The summed E-state index contributed by atoms with van der Waals surface area (Å²) in [7, 11) is -2.45. The maximum Gasteiger partial charge on any atom is 0.265 e. The van der Waals surface area contributed by atoms with E-state index in [4.69, 9.17) is 4.74 Å². The molecule has 1 fully saturated rings. The number of carbonyl (C=O) groups is 1. The zero-order valence-electron chi connectivity index (χ0n) is 15.7. The van der Waals surface area contributed by atoms with Gasteiger partial charge in [-0.3, -0.25) is 9.52 Å². The molecular formula is C20H24N2O4S. The zero-order chi connectivity index (χ0) is 19.6. The number of benzene rings is 2. The Morgan fingerprint density at radius 1 is 1.11 bits per heavy atom. The third-order valence-corrected chi connectivity index (χ3v) is 6.05. The van der Waals surface area contributed by atoms with Gasteiger partial charge in [-0.25, -0.2) is 8.42 Å². The van der Waals surface area contributed by atoms with Crippen LogP contribution in [0.4, 0.5) is 11.4 Å². The molecule has 0 atom stereocenters. The number of carbonyl (C=O) groups excluding carboxylic acids is 1. The topological polar surface area (TPSA) is 75.7 Å². The summed E-state index contributed by atoms with van der Waals surface area (Å²) in [5, 5.41) is 0. The first-order valence-corrected chi connectivity index (χ1v) is 10.4. The van der Waals surface area contributed by atoms with E-state index in [-0.39, 0.29) is 16.6 Å². The van der Waals surface area contributed by atoms with Crippen LogP contribution in [0.25, 0.3) is 0 Å². The van der Waals surface area contributed by atoms with Crippen molar-refractivity contribution in [1.29, 1.82) is 0 Å². The average Bonchev–Trinajstić information content (AvgIpc) is 3.07. The van der Waals surface area contributed by atoms with Crippen LogP contribution in [0, 0.1) is 0 Å². The van der Waals surface area contributed by atoms with Crippen molar-refractivity contribution in [3.05, 3.63) is 48.0 Å². The van der Waals surface area contributed by atoms with E-state index in [0.29, 0.717) is 30.3 Å². The fourth-order valence-corrected chi connectivity index (χ4v) is 4.36. The van der Waals surface area contributed by atoms with Gasteiger partial charge >= 0.3 is 0 Å². The molecule has 1 aliphatic heterocycles. The standard InChI is InChI=1S/C20H24N2O4S/c1-14(2)15-6-8-16(9-7-15)21-27(24,25)19-13-17(10-11-18(19)26-3)22-12-4-5-20(22)23/h6-11,13-14,21H,4-5,12H2,1-3H3. The second kappa shape index (κ2) is 7.60. The Morgan fingerprint density at radius 3 is 2.37 bits per heavy atom. The lowest BCUT2D eigenvalue weighted by Gasteiger charge is -2.19. The van der Waals surface area contributed by atoms with Gasteiger partial charge in [0.05, 0.1) is 7.11 Å². The fourth-order valence-electron chi connectivity index (χ4n) is 3.11. The Hall–Kier alpha value is -2.54. The van der Waals surface area contributed by atoms with Crippen LogP contribution in [0.3, 0.4) is 0 Å². The van der Waals surface area contributed by atoms with Crippen molar-refractivity contribution in [1.82, 2.24) is 0 Å². The molecule has 2 aromatic rings. The molecule has 1 N–H and O–H groups in total. The second-order valence-corrected chi connectivity index (χ2v) is 8.52. The van der Waals surface area contributed by atoms with Gasteiger partial charge in [-0.15, -0.1) is 0 Å². The Balaban J connectivity index is 1.93. The van der Waals surface area contributed by atoms with Gasteiger partial charge in [0.25, 0.3) is 10.0 Å². The number of hydrogen-bond donors (Lipinski definition) is 1. The molecular weight excluding hydrogens is 364 g/mol. The van der Waals surface area contributed by atoms with Gasteiger partial charge in [-0.05, 0) is 48.2 Å². The van der Waals surface area contributed by atoms with Crippen LogP contribution in [0.2, 0.25) is 0 Å². The quantitative estimate of drug-likeness (QED) is 0.818. The van der Waals surface area contributed by atoms with Crippen LogP contribution in [0.15, 0.2) is 47.4 Å². The summed E-state index contributed by atoms with van der Waals surface area (Å²) in [6.07, 6.45) is 1.25. The lowest BCUT2D eigenvalue weighted by molar-refractivity contribution is -0.117. The van der Waals surface area contributed by atoms with Gasteiger partial charge in [0, 0.05) is 24.3 Å². The molecule has 1 saturated heterocycles. The summed E-state index contributed by atoms with van der Waals surface area (Å²) >= 11 is 0. The molecule has 0 spiro atoms. The molecule has 1 heterocycles. The van der Waals surface area contributed by atoms with E-state index < -0.39 is 10.0 Å². The third kappa shape index (κ3) is 4.08. The highest BCUT2D eigenvalue weighted by molar-refractivity contribution is 7.92. The number of sulfonamides is 1. The molecule has 27 heavy (non-hydrogen) atoms. The summed E-state index contributed by atoms with van der Waals surface area (Å²) in [6, 6.07) is 12.1. The molecule has 7 heteroatoms. The summed E-state index contributed by atoms with van der Waals surface area (Å²) in [5.41, 5.74) is 2.17. The number of nitrogens with one attached hydrogen (secondary N) is 1. The van der Waals surface area contributed by atoms with Crippen molar-refractivity contribution in [3.63, 3.8) is 0 Å². The number of amides is 1. The Morgan fingerprint density at radius 2 is 1.81 bits per heavy atom. The highest BCUT2D eigenvalue weighted by Gasteiger charge is 2.26. The summed E-state index contributed by atoms with van der Waals surface area (Å²) in [6.45, 7) is 4.75. The highest BCUT2D eigenvalue weighted by atomic mass is 32.2. The molecule has 0 bridgehead atoms. The zero-order valence-corrected chi connectivity index (χ0v) is 16.5. The Kier molecular flexibility index (Phi) is 5.41. The molecule has 0 aliphatic carbocycles. The van der Waals surface area contributed by atoms with Crippen molar-refractivity contribution in [3.8, 4) is 5.75 Å². The van der Waals surface area contributed by atoms with Gasteiger partial charge in [-0.1, -0.05) is 26.0 Å². The predicted molar refractivity (Wildman–Crippen MR) is 106 cm³/mol. The van der Waals surface area contributed by atoms with Gasteiger partial charge in [-0.2, -0.15) is 0 Å². The molecule has 6 nitrogen and oxygen atoms in total. The van der Waals surface area contributed by atoms with Crippen LogP contribution in [-0.2, 0) is 14.8 Å². The molecule has 0 aromatic heterocycles. The highest BCUT2D eigenvalue weighted by Crippen LogP contribution is 2.32. The monoisotopic (exact) mass is 388 g/mol. The first-order valence-electron chi connectivity index (χ1n) is 8.93. The third-order valence-electron chi connectivity index (χ3n) is 4.65. The molecule has 144 valence electrons. The first-order chi connectivity index (χ1) is 12.8. The second-order valence-electron chi connectivity index (χ2n) is 6.87. The van der Waals surface area contributed by atoms with Crippen LogP contribution < -0.4 is 14.4 Å². The Labute approximate surface area is 160 Å². The van der Waals surface area contributed by atoms with Crippen molar-refractivity contribution in [2.45, 2.75) is 37.5 Å². The number of hydrogen-bond acceptors (Lipinski definition) is 4. The van der Waals surface area contributed by atoms with E-state index in [1.54, 1.807) is 29.2 Å². The van der Waals surface area contributed by atoms with Gasteiger partial charge in [0.2, 0.25) is 5.91 Å².